The van der Waals surface area contributed by atoms with E-state index in [-0.39, 0.29) is 0 Å². The highest BCUT2D eigenvalue weighted by Gasteiger charge is 2.10. The molecule has 20 heavy (non-hydrogen) atoms. The van der Waals surface area contributed by atoms with Gasteiger partial charge in [-0.05, 0) is 31.5 Å². The van der Waals surface area contributed by atoms with Gasteiger partial charge in [0, 0.05) is 17.0 Å². The molecule has 0 aliphatic heterocycles. The number of hydrogen-bond donors (Lipinski definition) is 1. The Hall–Kier alpha value is -1.39. The summed E-state index contributed by atoms with van der Waals surface area (Å²) in [5.41, 5.74) is 2.23. The molecule has 0 spiro atoms. The van der Waals surface area contributed by atoms with Crippen molar-refractivity contribution in [1.29, 1.82) is 0 Å². The molecule has 1 N–H and O–H groups in total. The third-order valence-electron chi connectivity index (χ3n) is 3.05. The Morgan fingerprint density at radius 2 is 2.15 bits per heavy atom. The predicted octanol–water partition coefficient (Wildman–Crippen LogP) is 3.87. The van der Waals surface area contributed by atoms with Crippen LogP contribution < -0.4 is 10.1 Å². The highest BCUT2D eigenvalue weighted by molar-refractivity contribution is 7.15. The molecule has 108 valence electrons. The first-order valence-electron chi connectivity index (χ1n) is 6.91. The van der Waals surface area contributed by atoms with Crippen LogP contribution in [0, 0.1) is 12.8 Å². The van der Waals surface area contributed by atoms with E-state index in [4.69, 9.17) is 4.74 Å². The third kappa shape index (κ3) is 3.81. The van der Waals surface area contributed by atoms with Gasteiger partial charge in [-0.3, -0.25) is 0 Å². The van der Waals surface area contributed by atoms with Gasteiger partial charge >= 0.3 is 0 Å². The van der Waals surface area contributed by atoms with Gasteiger partial charge < -0.3 is 10.1 Å². The predicted molar refractivity (Wildman–Crippen MR) is 85.4 cm³/mol. The van der Waals surface area contributed by atoms with Crippen molar-refractivity contribution in [1.82, 2.24) is 10.3 Å². The van der Waals surface area contributed by atoms with Crippen molar-refractivity contribution in [2.75, 3.05) is 13.7 Å². The number of nitrogens with zero attached hydrogens (tertiary/aromatic N) is 1. The second kappa shape index (κ2) is 6.86. The quantitative estimate of drug-likeness (QED) is 0.877. The first-order valence-corrected chi connectivity index (χ1v) is 7.73. The summed E-state index contributed by atoms with van der Waals surface area (Å²) in [5.74, 6) is 1.54. The minimum atomic E-state index is 0.668. The van der Waals surface area contributed by atoms with Crippen molar-refractivity contribution in [3.05, 3.63) is 34.8 Å². The lowest BCUT2D eigenvalue weighted by molar-refractivity contribution is 0.415. The summed E-state index contributed by atoms with van der Waals surface area (Å²) in [6.45, 7) is 8.44. The summed E-state index contributed by atoms with van der Waals surface area (Å²) in [4.78, 5) is 5.99. The number of thiazole rings is 1. The molecule has 0 radical (unpaired) electrons. The number of nitrogens with one attached hydrogen (secondary N) is 1. The van der Waals surface area contributed by atoms with Crippen LogP contribution in [0.3, 0.4) is 0 Å². The average Bonchev–Trinajstić information content (AvgIpc) is 2.80. The van der Waals surface area contributed by atoms with Crippen LogP contribution in [0.4, 0.5) is 0 Å². The number of benzene rings is 1. The van der Waals surface area contributed by atoms with Crippen molar-refractivity contribution < 1.29 is 4.74 Å². The Bertz CT molecular complexity index is 563. The van der Waals surface area contributed by atoms with Gasteiger partial charge in [-0.25, -0.2) is 4.98 Å². The Labute approximate surface area is 125 Å². The Morgan fingerprint density at radius 3 is 2.85 bits per heavy atom. The lowest BCUT2D eigenvalue weighted by atomic mass is 10.2. The molecule has 0 unspecified atom stereocenters. The van der Waals surface area contributed by atoms with E-state index in [0.29, 0.717) is 5.92 Å². The number of rotatable bonds is 6. The number of ether oxygens (including phenoxy) is 1. The van der Waals surface area contributed by atoms with Crippen LogP contribution >= 0.6 is 11.3 Å². The largest absolute Gasteiger partial charge is 0.497 e. The van der Waals surface area contributed by atoms with Gasteiger partial charge in [0.25, 0.3) is 0 Å². The van der Waals surface area contributed by atoms with Gasteiger partial charge in [0.1, 0.15) is 10.8 Å². The number of hydrogen-bond acceptors (Lipinski definition) is 4. The molecule has 0 aliphatic carbocycles. The molecule has 4 heteroatoms. The number of methoxy groups -OCH3 is 1. The zero-order valence-corrected chi connectivity index (χ0v) is 13.4. The van der Waals surface area contributed by atoms with Crippen LogP contribution in [-0.2, 0) is 6.54 Å². The fraction of sp³-hybridized carbons (Fsp3) is 0.438. The molecule has 0 fully saturated rings. The maximum atomic E-state index is 5.27. The minimum absolute atomic E-state index is 0.668. The lowest BCUT2D eigenvalue weighted by Crippen LogP contribution is -2.18. The maximum absolute atomic E-state index is 5.27. The molecule has 1 aromatic heterocycles. The van der Waals surface area contributed by atoms with E-state index in [1.807, 2.05) is 18.2 Å². The standard InChI is InChI=1S/C16H22N2OS/c1-11(2)9-17-10-15-12(3)18-16(20-15)13-6-5-7-14(8-13)19-4/h5-8,11,17H,9-10H2,1-4H3. The van der Waals surface area contributed by atoms with Crippen molar-refractivity contribution in [3.63, 3.8) is 0 Å². The summed E-state index contributed by atoms with van der Waals surface area (Å²) >= 11 is 1.75. The zero-order chi connectivity index (χ0) is 14.5. The van der Waals surface area contributed by atoms with Gasteiger partial charge in [0.2, 0.25) is 0 Å². The topological polar surface area (TPSA) is 34.1 Å². The highest BCUT2D eigenvalue weighted by Crippen LogP contribution is 2.29. The van der Waals surface area contributed by atoms with E-state index >= 15 is 0 Å². The lowest BCUT2D eigenvalue weighted by Gasteiger charge is -2.05. The van der Waals surface area contributed by atoms with Crippen LogP contribution in [0.25, 0.3) is 10.6 Å². The second-order valence-corrected chi connectivity index (χ2v) is 6.37. The summed E-state index contributed by atoms with van der Waals surface area (Å²) < 4.78 is 5.27. The minimum Gasteiger partial charge on any atom is -0.497 e. The first-order chi connectivity index (χ1) is 9.60. The van der Waals surface area contributed by atoms with Crippen LogP contribution in [0.5, 0.6) is 5.75 Å². The first kappa shape index (κ1) is 15.0. The summed E-state index contributed by atoms with van der Waals surface area (Å²) in [7, 11) is 1.69. The van der Waals surface area contributed by atoms with Crippen molar-refractivity contribution >= 4 is 11.3 Å². The van der Waals surface area contributed by atoms with E-state index in [2.05, 4.69) is 37.1 Å². The van der Waals surface area contributed by atoms with Crippen molar-refractivity contribution in [2.45, 2.75) is 27.3 Å². The molecule has 0 bridgehead atoms. The van der Waals surface area contributed by atoms with E-state index in [9.17, 15) is 0 Å². The fourth-order valence-corrected chi connectivity index (χ4v) is 2.97. The molecule has 2 aromatic rings. The average molecular weight is 290 g/mol. The van der Waals surface area contributed by atoms with E-state index in [0.717, 1.165) is 35.1 Å². The van der Waals surface area contributed by atoms with Gasteiger partial charge in [-0.15, -0.1) is 11.3 Å². The molecule has 2 rings (SSSR count). The van der Waals surface area contributed by atoms with Crippen LogP contribution in [0.2, 0.25) is 0 Å². The molecule has 1 aromatic carbocycles. The second-order valence-electron chi connectivity index (χ2n) is 5.28. The third-order valence-corrected chi connectivity index (χ3v) is 4.25. The summed E-state index contributed by atoms with van der Waals surface area (Å²) in [5, 5.41) is 4.53. The summed E-state index contributed by atoms with van der Waals surface area (Å²) in [6.07, 6.45) is 0. The molecule has 3 nitrogen and oxygen atoms in total. The highest BCUT2D eigenvalue weighted by atomic mass is 32.1. The zero-order valence-electron chi connectivity index (χ0n) is 12.6. The normalized spacial score (nSPS) is 11.1. The fourth-order valence-electron chi connectivity index (χ4n) is 1.95. The Kier molecular flexibility index (Phi) is 5.15. The van der Waals surface area contributed by atoms with Crippen LogP contribution in [-0.4, -0.2) is 18.6 Å². The van der Waals surface area contributed by atoms with Gasteiger partial charge in [0.05, 0.1) is 12.8 Å². The number of aryl methyl sites for hydroxylation is 1. The van der Waals surface area contributed by atoms with E-state index in [1.165, 1.54) is 4.88 Å². The number of aromatic nitrogens is 1. The van der Waals surface area contributed by atoms with Crippen molar-refractivity contribution in [2.24, 2.45) is 5.92 Å². The Balaban J connectivity index is 2.13. The molecule has 0 saturated carbocycles. The molecular weight excluding hydrogens is 268 g/mol. The van der Waals surface area contributed by atoms with Crippen molar-refractivity contribution in [3.8, 4) is 16.3 Å². The molecule has 1 heterocycles. The maximum Gasteiger partial charge on any atom is 0.124 e. The van der Waals surface area contributed by atoms with E-state index < -0.39 is 0 Å². The van der Waals surface area contributed by atoms with Crippen LogP contribution in [0.15, 0.2) is 24.3 Å². The smallest absolute Gasteiger partial charge is 0.124 e. The molecule has 0 aliphatic rings. The van der Waals surface area contributed by atoms with E-state index in [1.54, 1.807) is 18.4 Å². The van der Waals surface area contributed by atoms with Gasteiger partial charge in [-0.2, -0.15) is 0 Å². The molecule has 0 atom stereocenters. The van der Waals surface area contributed by atoms with Crippen LogP contribution in [0.1, 0.15) is 24.4 Å². The molecule has 0 saturated heterocycles. The Morgan fingerprint density at radius 1 is 1.35 bits per heavy atom. The SMILES string of the molecule is COc1cccc(-c2nc(C)c(CNCC(C)C)s2)c1. The van der Waals surface area contributed by atoms with Gasteiger partial charge in [-0.1, -0.05) is 26.0 Å². The summed E-state index contributed by atoms with van der Waals surface area (Å²) in [6, 6.07) is 8.06. The molecule has 0 amide bonds. The monoisotopic (exact) mass is 290 g/mol. The van der Waals surface area contributed by atoms with Gasteiger partial charge in [0.15, 0.2) is 0 Å². The molecular formula is C16H22N2OS.